The lowest BCUT2D eigenvalue weighted by molar-refractivity contribution is 1.70. The molecule has 0 saturated heterocycles. The van der Waals surface area contributed by atoms with Gasteiger partial charge in [0.15, 0.2) is 0 Å². The fourth-order valence-electron chi connectivity index (χ4n) is 1.28. The van der Waals surface area contributed by atoms with Gasteiger partial charge in [0.1, 0.15) is 0 Å². The van der Waals surface area contributed by atoms with Crippen molar-refractivity contribution in [3.63, 3.8) is 0 Å². The van der Waals surface area contributed by atoms with Gasteiger partial charge in [-0.3, -0.25) is 0 Å². The molecule has 0 unspecified atom stereocenters. The first kappa shape index (κ1) is 6.94. The van der Waals surface area contributed by atoms with Gasteiger partial charge in [0.05, 0.1) is 0 Å². The van der Waals surface area contributed by atoms with Crippen molar-refractivity contribution in [2.24, 2.45) is 0 Å². The molecular weight excluding hydrogens is 144 g/mol. The van der Waals surface area contributed by atoms with Crippen molar-refractivity contribution >= 4 is 10.8 Å². The van der Waals surface area contributed by atoms with Crippen LogP contribution >= 0.6 is 0 Å². The molecule has 2 rings (SSSR count). The average Bonchev–Trinajstić information content (AvgIpc) is 2.17. The summed E-state index contributed by atoms with van der Waals surface area (Å²) >= 11 is 0. The summed E-state index contributed by atoms with van der Waals surface area (Å²) < 4.78 is 0. The van der Waals surface area contributed by atoms with Gasteiger partial charge in [-0.05, 0) is 22.9 Å². The lowest BCUT2D eigenvalue weighted by Crippen LogP contribution is -1.77. The second-order valence-electron chi connectivity index (χ2n) is 2.58. The molecular formula is C12H7. The molecule has 1 radical (unpaired) electrons. The molecule has 0 N–H and O–H groups in total. The van der Waals surface area contributed by atoms with E-state index in [0.717, 1.165) is 16.3 Å². The summed E-state index contributed by atoms with van der Waals surface area (Å²) in [6.07, 6.45) is 5.35. The van der Waals surface area contributed by atoms with Crippen LogP contribution in [0.15, 0.2) is 36.4 Å². The van der Waals surface area contributed by atoms with Crippen LogP contribution in [0.5, 0.6) is 0 Å². The molecule has 0 amide bonds. The molecule has 2 aromatic carbocycles. The molecule has 0 aliphatic heterocycles. The molecule has 0 nitrogen and oxygen atoms in total. The molecule has 0 saturated carbocycles. The van der Waals surface area contributed by atoms with Crippen molar-refractivity contribution in [3.8, 4) is 12.3 Å². The summed E-state index contributed by atoms with van der Waals surface area (Å²) in [4.78, 5) is 0. The predicted octanol–water partition coefficient (Wildman–Crippen LogP) is 2.62. The Kier molecular flexibility index (Phi) is 1.57. The molecule has 0 fully saturated rings. The van der Waals surface area contributed by atoms with Crippen molar-refractivity contribution in [2.75, 3.05) is 0 Å². The van der Waals surface area contributed by atoms with E-state index in [0.29, 0.717) is 0 Å². The molecule has 0 spiro atoms. The Balaban J connectivity index is 2.91. The SMILES string of the molecule is C#Cc1cccc2[c]cccc12. The molecule has 0 heteroatoms. The highest BCUT2D eigenvalue weighted by Crippen LogP contribution is 2.16. The normalized spacial score (nSPS) is 9.58. The van der Waals surface area contributed by atoms with Crippen LogP contribution in [0.3, 0.4) is 0 Å². The van der Waals surface area contributed by atoms with Crippen molar-refractivity contribution < 1.29 is 0 Å². The van der Waals surface area contributed by atoms with E-state index in [2.05, 4.69) is 12.0 Å². The van der Waals surface area contributed by atoms with Gasteiger partial charge in [0.25, 0.3) is 0 Å². The summed E-state index contributed by atoms with van der Waals surface area (Å²) in [7, 11) is 0. The van der Waals surface area contributed by atoms with Crippen LogP contribution in [0.4, 0.5) is 0 Å². The summed E-state index contributed by atoms with van der Waals surface area (Å²) in [5.41, 5.74) is 0.935. The minimum absolute atomic E-state index is 0.935. The topological polar surface area (TPSA) is 0 Å². The second kappa shape index (κ2) is 2.71. The maximum Gasteiger partial charge on any atom is 0.0321 e. The maximum absolute atomic E-state index is 5.35. The van der Waals surface area contributed by atoms with Crippen LogP contribution in [0, 0.1) is 18.4 Å². The smallest absolute Gasteiger partial charge is 0.0321 e. The highest BCUT2D eigenvalue weighted by molar-refractivity contribution is 5.87. The van der Waals surface area contributed by atoms with E-state index in [1.165, 1.54) is 0 Å². The molecule has 0 aliphatic rings. The Labute approximate surface area is 71.8 Å². The molecule has 0 atom stereocenters. The molecule has 55 valence electrons. The fraction of sp³-hybridized carbons (Fsp3) is 0. The van der Waals surface area contributed by atoms with Crippen molar-refractivity contribution in [1.29, 1.82) is 0 Å². The van der Waals surface area contributed by atoms with Crippen LogP contribution in [-0.2, 0) is 0 Å². The number of fused-ring (bicyclic) bond motifs is 1. The zero-order valence-corrected chi connectivity index (χ0v) is 6.54. The average molecular weight is 151 g/mol. The van der Waals surface area contributed by atoms with E-state index in [4.69, 9.17) is 6.42 Å². The maximum atomic E-state index is 5.35. The van der Waals surface area contributed by atoms with Gasteiger partial charge in [-0.15, -0.1) is 6.42 Å². The number of rotatable bonds is 0. The lowest BCUT2D eigenvalue weighted by atomic mass is 10.1. The van der Waals surface area contributed by atoms with E-state index < -0.39 is 0 Å². The first-order chi connectivity index (χ1) is 5.92. The van der Waals surface area contributed by atoms with Crippen LogP contribution in [0.2, 0.25) is 0 Å². The minimum Gasteiger partial charge on any atom is -0.115 e. The lowest BCUT2D eigenvalue weighted by Gasteiger charge is -1.97. The monoisotopic (exact) mass is 151 g/mol. The van der Waals surface area contributed by atoms with Crippen LogP contribution < -0.4 is 0 Å². The van der Waals surface area contributed by atoms with Gasteiger partial charge in [0.2, 0.25) is 0 Å². The fourth-order valence-corrected chi connectivity index (χ4v) is 1.28. The number of hydrogen-bond acceptors (Lipinski definition) is 0. The standard InChI is InChI=1S/C12H7/c1-2-10-7-5-8-11-6-3-4-9-12(10)11/h1,3-5,7-9H. The third-order valence-corrected chi connectivity index (χ3v) is 1.86. The zero-order chi connectivity index (χ0) is 8.39. The highest BCUT2D eigenvalue weighted by Gasteiger charge is 1.94. The van der Waals surface area contributed by atoms with Crippen molar-refractivity contribution in [2.45, 2.75) is 0 Å². The molecule has 0 heterocycles. The summed E-state index contributed by atoms with van der Waals surface area (Å²) in [5.74, 6) is 2.65. The number of hydrogen-bond donors (Lipinski definition) is 0. The van der Waals surface area contributed by atoms with E-state index >= 15 is 0 Å². The minimum atomic E-state index is 0.935. The summed E-state index contributed by atoms with van der Waals surface area (Å²) in [6, 6.07) is 14.9. The Hall–Kier alpha value is -1.74. The van der Waals surface area contributed by atoms with Crippen LogP contribution in [-0.4, -0.2) is 0 Å². The van der Waals surface area contributed by atoms with Gasteiger partial charge in [-0.1, -0.05) is 36.3 Å². The van der Waals surface area contributed by atoms with Crippen molar-refractivity contribution in [3.05, 3.63) is 48.0 Å². The van der Waals surface area contributed by atoms with E-state index in [1.54, 1.807) is 0 Å². The largest absolute Gasteiger partial charge is 0.115 e. The summed E-state index contributed by atoms with van der Waals surface area (Å²) in [6.45, 7) is 0. The van der Waals surface area contributed by atoms with Crippen LogP contribution in [0.1, 0.15) is 5.56 Å². The first-order valence-electron chi connectivity index (χ1n) is 3.78. The number of terminal acetylenes is 1. The van der Waals surface area contributed by atoms with Crippen molar-refractivity contribution in [1.82, 2.24) is 0 Å². The van der Waals surface area contributed by atoms with Gasteiger partial charge >= 0.3 is 0 Å². The van der Waals surface area contributed by atoms with Gasteiger partial charge < -0.3 is 0 Å². The predicted molar refractivity (Wildman–Crippen MR) is 50.7 cm³/mol. The zero-order valence-electron chi connectivity index (χ0n) is 6.54. The van der Waals surface area contributed by atoms with E-state index in [9.17, 15) is 0 Å². The highest BCUT2D eigenvalue weighted by atomic mass is 14.0. The molecule has 0 aromatic heterocycles. The molecule has 0 aliphatic carbocycles. The van der Waals surface area contributed by atoms with Gasteiger partial charge in [-0.2, -0.15) is 0 Å². The Morgan fingerprint density at radius 2 is 2.08 bits per heavy atom. The van der Waals surface area contributed by atoms with E-state index in [-0.39, 0.29) is 0 Å². The van der Waals surface area contributed by atoms with Gasteiger partial charge in [0, 0.05) is 5.56 Å². The molecule has 2 aromatic rings. The van der Waals surface area contributed by atoms with Crippen LogP contribution in [0.25, 0.3) is 10.8 Å². The molecule has 0 bridgehead atoms. The third kappa shape index (κ3) is 0.963. The Morgan fingerprint density at radius 3 is 2.92 bits per heavy atom. The second-order valence-corrected chi connectivity index (χ2v) is 2.58. The molecule has 12 heavy (non-hydrogen) atoms. The first-order valence-corrected chi connectivity index (χ1v) is 3.78. The Bertz CT molecular complexity index is 442. The quantitative estimate of drug-likeness (QED) is 0.508. The number of benzene rings is 2. The van der Waals surface area contributed by atoms with Gasteiger partial charge in [-0.25, -0.2) is 0 Å². The third-order valence-electron chi connectivity index (χ3n) is 1.86. The summed E-state index contributed by atoms with van der Waals surface area (Å²) in [5, 5.41) is 2.18. The Morgan fingerprint density at radius 1 is 1.17 bits per heavy atom. The van der Waals surface area contributed by atoms with E-state index in [1.807, 2.05) is 36.4 Å².